The first-order chi connectivity index (χ1) is 15.5. The van der Waals surface area contributed by atoms with E-state index in [2.05, 4.69) is 25.5 Å². The summed E-state index contributed by atoms with van der Waals surface area (Å²) in [6.45, 7) is 2.09. The average molecular weight is 436 g/mol. The van der Waals surface area contributed by atoms with Crippen molar-refractivity contribution in [3.63, 3.8) is 0 Å². The maximum absolute atomic E-state index is 13.5. The Morgan fingerprint density at radius 2 is 1.88 bits per heavy atom. The Morgan fingerprint density at radius 3 is 2.53 bits per heavy atom. The summed E-state index contributed by atoms with van der Waals surface area (Å²) in [5.74, 6) is 1.16. The third-order valence-electron chi connectivity index (χ3n) is 5.31. The Morgan fingerprint density at radius 1 is 1.09 bits per heavy atom. The van der Waals surface area contributed by atoms with E-state index in [9.17, 15) is 9.59 Å². The van der Waals surface area contributed by atoms with Gasteiger partial charge in [0.1, 0.15) is 11.4 Å². The van der Waals surface area contributed by atoms with Gasteiger partial charge in [-0.15, -0.1) is 0 Å². The second-order valence-electron chi connectivity index (χ2n) is 7.43. The van der Waals surface area contributed by atoms with E-state index < -0.39 is 6.04 Å². The molecule has 32 heavy (non-hydrogen) atoms. The van der Waals surface area contributed by atoms with Gasteiger partial charge in [0.05, 0.1) is 20.3 Å². The standard InChI is InChI=1S/C22H24N6O4/c1-13-23-19(27-26-13)17-11-15(24-20(29)14-7-5-4-6-8-14)12-28(17)22(30)16-9-10-18(31-2)25-21(16)32-3/h4-10,15,17H,11-12H2,1-3H3,(H,24,29)(H,23,26,27)/t15-,17-/m0/s1. The van der Waals surface area contributed by atoms with Gasteiger partial charge in [0.15, 0.2) is 5.82 Å². The number of rotatable bonds is 6. The van der Waals surface area contributed by atoms with Crippen molar-refractivity contribution in [1.82, 2.24) is 30.4 Å². The van der Waals surface area contributed by atoms with Crippen LogP contribution in [0.25, 0.3) is 0 Å². The average Bonchev–Trinajstić information content (AvgIpc) is 3.44. The van der Waals surface area contributed by atoms with Crippen LogP contribution < -0.4 is 14.8 Å². The van der Waals surface area contributed by atoms with Crippen molar-refractivity contribution in [2.75, 3.05) is 20.8 Å². The molecule has 0 aliphatic carbocycles. The molecule has 1 fully saturated rings. The smallest absolute Gasteiger partial charge is 0.260 e. The molecule has 3 heterocycles. The molecule has 2 aromatic heterocycles. The quantitative estimate of drug-likeness (QED) is 0.605. The molecular formula is C22H24N6O4. The van der Waals surface area contributed by atoms with Gasteiger partial charge in [-0.2, -0.15) is 10.1 Å². The molecule has 1 aromatic carbocycles. The lowest BCUT2D eigenvalue weighted by molar-refractivity contribution is 0.0720. The molecule has 0 spiro atoms. The van der Waals surface area contributed by atoms with Crippen molar-refractivity contribution < 1.29 is 19.1 Å². The maximum Gasteiger partial charge on any atom is 0.260 e. The molecule has 2 atom stereocenters. The van der Waals surface area contributed by atoms with E-state index in [4.69, 9.17) is 9.47 Å². The number of carbonyl (C=O) groups is 2. The predicted molar refractivity (Wildman–Crippen MR) is 115 cm³/mol. The van der Waals surface area contributed by atoms with Gasteiger partial charge < -0.3 is 19.7 Å². The van der Waals surface area contributed by atoms with E-state index in [-0.39, 0.29) is 23.7 Å². The molecule has 3 aromatic rings. The topological polar surface area (TPSA) is 122 Å². The van der Waals surface area contributed by atoms with Crippen LogP contribution in [0, 0.1) is 6.92 Å². The molecule has 0 radical (unpaired) electrons. The normalized spacial score (nSPS) is 17.8. The lowest BCUT2D eigenvalue weighted by Gasteiger charge is -2.23. The van der Waals surface area contributed by atoms with Crippen LogP contribution in [0.15, 0.2) is 42.5 Å². The van der Waals surface area contributed by atoms with Crippen molar-refractivity contribution in [3.8, 4) is 11.8 Å². The number of ether oxygens (including phenoxy) is 2. The SMILES string of the molecule is COc1ccc(C(=O)N2C[C@@H](NC(=O)c3ccccc3)C[C@H]2c2n[nH]c(C)n2)c(OC)n1. The zero-order valence-electron chi connectivity index (χ0n) is 18.0. The Bertz CT molecular complexity index is 1120. The lowest BCUT2D eigenvalue weighted by atomic mass is 10.1. The molecule has 166 valence electrons. The first kappa shape index (κ1) is 21.3. The van der Waals surface area contributed by atoms with E-state index >= 15 is 0 Å². The summed E-state index contributed by atoms with van der Waals surface area (Å²) in [5.41, 5.74) is 0.851. The number of benzene rings is 1. The number of amides is 2. The highest BCUT2D eigenvalue weighted by Gasteiger charge is 2.40. The van der Waals surface area contributed by atoms with Crippen molar-refractivity contribution in [1.29, 1.82) is 0 Å². The number of aromatic nitrogens is 4. The fourth-order valence-corrected chi connectivity index (χ4v) is 3.79. The molecular weight excluding hydrogens is 412 g/mol. The molecule has 4 rings (SSSR count). The Kier molecular flexibility index (Phi) is 6.02. The van der Waals surface area contributed by atoms with Crippen molar-refractivity contribution in [2.24, 2.45) is 0 Å². The van der Waals surface area contributed by atoms with Gasteiger partial charge in [-0.1, -0.05) is 18.2 Å². The summed E-state index contributed by atoms with van der Waals surface area (Å²) >= 11 is 0. The number of nitrogens with one attached hydrogen (secondary N) is 2. The number of carbonyl (C=O) groups excluding carboxylic acids is 2. The lowest BCUT2D eigenvalue weighted by Crippen LogP contribution is -2.38. The van der Waals surface area contributed by atoms with Gasteiger partial charge in [-0.3, -0.25) is 14.7 Å². The van der Waals surface area contributed by atoms with Gasteiger partial charge >= 0.3 is 0 Å². The van der Waals surface area contributed by atoms with Crippen LogP contribution in [0.1, 0.15) is 44.8 Å². The number of nitrogens with zero attached hydrogens (tertiary/aromatic N) is 4. The molecule has 1 aliphatic heterocycles. The molecule has 0 saturated carbocycles. The zero-order valence-corrected chi connectivity index (χ0v) is 18.0. The zero-order chi connectivity index (χ0) is 22.7. The molecule has 1 saturated heterocycles. The van der Waals surface area contributed by atoms with Crippen LogP contribution >= 0.6 is 0 Å². The highest BCUT2D eigenvalue weighted by Crippen LogP contribution is 2.33. The number of aromatic amines is 1. The van der Waals surface area contributed by atoms with E-state index in [1.165, 1.54) is 14.2 Å². The third kappa shape index (κ3) is 4.25. The Hall–Kier alpha value is -3.95. The fourth-order valence-electron chi connectivity index (χ4n) is 3.79. The fraction of sp³-hybridized carbons (Fsp3) is 0.318. The summed E-state index contributed by atoms with van der Waals surface area (Å²) in [4.78, 5) is 36.5. The van der Waals surface area contributed by atoms with Gasteiger partial charge in [-0.25, -0.2) is 4.98 Å². The van der Waals surface area contributed by atoms with Crippen molar-refractivity contribution >= 4 is 11.8 Å². The van der Waals surface area contributed by atoms with E-state index in [1.807, 2.05) is 18.2 Å². The summed E-state index contributed by atoms with van der Waals surface area (Å²) in [7, 11) is 2.94. The van der Waals surface area contributed by atoms with Crippen molar-refractivity contribution in [3.05, 3.63) is 65.2 Å². The van der Waals surface area contributed by atoms with Gasteiger partial charge in [-0.05, 0) is 31.5 Å². The van der Waals surface area contributed by atoms with Crippen LogP contribution in [-0.4, -0.2) is 63.7 Å². The van der Waals surface area contributed by atoms with Crippen LogP contribution in [0.4, 0.5) is 0 Å². The van der Waals surface area contributed by atoms with Gasteiger partial charge in [0.2, 0.25) is 11.8 Å². The monoisotopic (exact) mass is 436 g/mol. The van der Waals surface area contributed by atoms with Crippen molar-refractivity contribution in [2.45, 2.75) is 25.4 Å². The van der Waals surface area contributed by atoms with E-state index in [0.717, 1.165) is 0 Å². The number of hydrogen-bond acceptors (Lipinski definition) is 7. The van der Waals surface area contributed by atoms with Crippen LogP contribution in [0.5, 0.6) is 11.8 Å². The second kappa shape index (κ2) is 9.04. The highest BCUT2D eigenvalue weighted by atomic mass is 16.5. The molecule has 10 nitrogen and oxygen atoms in total. The molecule has 1 aliphatic rings. The summed E-state index contributed by atoms with van der Waals surface area (Å²) in [6.07, 6.45) is 0.480. The molecule has 2 N–H and O–H groups in total. The van der Waals surface area contributed by atoms with E-state index in [1.54, 1.807) is 36.1 Å². The largest absolute Gasteiger partial charge is 0.481 e. The van der Waals surface area contributed by atoms with Gasteiger partial charge in [0.25, 0.3) is 11.8 Å². The molecule has 0 bridgehead atoms. The van der Waals surface area contributed by atoms with Gasteiger partial charge in [0, 0.05) is 24.2 Å². The third-order valence-corrected chi connectivity index (χ3v) is 5.31. The maximum atomic E-state index is 13.5. The number of likely N-dealkylation sites (tertiary alicyclic amines) is 1. The van der Waals surface area contributed by atoms with E-state index in [0.29, 0.717) is 41.6 Å². The number of pyridine rings is 1. The highest BCUT2D eigenvalue weighted by molar-refractivity contribution is 5.97. The Balaban J connectivity index is 1.61. The first-order valence-corrected chi connectivity index (χ1v) is 10.1. The minimum atomic E-state index is -0.416. The summed E-state index contributed by atoms with van der Waals surface area (Å²) in [6, 6.07) is 11.5. The molecule has 10 heteroatoms. The van der Waals surface area contributed by atoms with Crippen LogP contribution in [0.2, 0.25) is 0 Å². The number of hydrogen-bond donors (Lipinski definition) is 2. The Labute approximate surface area is 185 Å². The summed E-state index contributed by atoms with van der Waals surface area (Å²) in [5, 5.41) is 10.1. The second-order valence-corrected chi connectivity index (χ2v) is 7.43. The minimum Gasteiger partial charge on any atom is -0.481 e. The number of aryl methyl sites for hydroxylation is 1. The number of methoxy groups -OCH3 is 2. The first-order valence-electron chi connectivity index (χ1n) is 10.1. The van der Waals surface area contributed by atoms with Crippen LogP contribution in [0.3, 0.4) is 0 Å². The molecule has 2 amide bonds. The minimum absolute atomic E-state index is 0.163. The summed E-state index contributed by atoms with van der Waals surface area (Å²) < 4.78 is 10.4. The predicted octanol–water partition coefficient (Wildman–Crippen LogP) is 1.91. The molecule has 0 unspecified atom stereocenters. The number of H-pyrrole nitrogens is 1. The van der Waals surface area contributed by atoms with Crippen LogP contribution in [-0.2, 0) is 0 Å².